The summed E-state index contributed by atoms with van der Waals surface area (Å²) >= 11 is 0. The number of hydrogen-bond donors (Lipinski definition) is 1. The van der Waals surface area contributed by atoms with Gasteiger partial charge in [-0.3, -0.25) is 4.79 Å². The molecule has 0 radical (unpaired) electrons. The van der Waals surface area contributed by atoms with Gasteiger partial charge in [-0.25, -0.2) is 4.79 Å². The normalized spacial score (nSPS) is 12.8. The van der Waals surface area contributed by atoms with Gasteiger partial charge in [-0.1, -0.05) is 63.2 Å². The zero-order valence-corrected chi connectivity index (χ0v) is 15.5. The van der Waals surface area contributed by atoms with Crippen molar-refractivity contribution in [2.45, 2.75) is 39.2 Å². The minimum atomic E-state index is -0.850. The number of para-hydroxylation sites is 1. The predicted molar refractivity (Wildman–Crippen MR) is 103 cm³/mol. The molecule has 0 amide bonds. The molecule has 1 atom stereocenters. The third-order valence-electron chi connectivity index (χ3n) is 4.50. The second-order valence-electron chi connectivity index (χ2n) is 7.49. The van der Waals surface area contributed by atoms with E-state index in [9.17, 15) is 9.59 Å². The van der Waals surface area contributed by atoms with Gasteiger partial charge in [0.15, 0.2) is 6.10 Å². The summed E-state index contributed by atoms with van der Waals surface area (Å²) in [4.78, 5) is 28.1. The average molecular weight is 349 g/mol. The smallest absolute Gasteiger partial charge is 0.341 e. The summed E-state index contributed by atoms with van der Waals surface area (Å²) in [5, 5.41) is 0.784. The molecule has 0 fully saturated rings. The number of aromatic nitrogens is 1. The molecule has 0 aliphatic rings. The molecule has 0 aliphatic heterocycles. The third-order valence-corrected chi connectivity index (χ3v) is 4.50. The highest BCUT2D eigenvalue weighted by Crippen LogP contribution is 2.23. The first-order valence-electron chi connectivity index (χ1n) is 8.69. The summed E-state index contributed by atoms with van der Waals surface area (Å²) in [5.74, 6) is -0.715. The zero-order valence-electron chi connectivity index (χ0n) is 15.5. The lowest BCUT2D eigenvalue weighted by Gasteiger charge is -2.19. The number of ether oxygens (including phenoxy) is 1. The molecule has 0 saturated heterocycles. The number of carbonyl (C=O) groups excluding carboxylic acids is 2. The Morgan fingerprint density at radius 2 is 1.65 bits per heavy atom. The summed E-state index contributed by atoms with van der Waals surface area (Å²) in [5.41, 5.74) is 3.00. The summed E-state index contributed by atoms with van der Waals surface area (Å²) in [6, 6.07) is 15.0. The van der Waals surface area contributed by atoms with Crippen LogP contribution in [0.1, 0.15) is 54.0 Å². The van der Waals surface area contributed by atoms with Crippen molar-refractivity contribution in [2.75, 3.05) is 0 Å². The first-order chi connectivity index (χ1) is 12.3. The van der Waals surface area contributed by atoms with Crippen LogP contribution >= 0.6 is 0 Å². The van der Waals surface area contributed by atoms with Gasteiger partial charge in [0.1, 0.15) is 0 Å². The molecule has 26 heavy (non-hydrogen) atoms. The van der Waals surface area contributed by atoms with Gasteiger partial charge in [-0.05, 0) is 24.0 Å². The number of esters is 1. The Balaban J connectivity index is 1.74. The third kappa shape index (κ3) is 3.54. The Morgan fingerprint density at radius 1 is 1.00 bits per heavy atom. The van der Waals surface area contributed by atoms with Gasteiger partial charge in [0.05, 0.1) is 5.56 Å². The van der Waals surface area contributed by atoms with Crippen molar-refractivity contribution < 1.29 is 14.3 Å². The largest absolute Gasteiger partial charge is 0.451 e. The van der Waals surface area contributed by atoms with Crippen LogP contribution in [-0.4, -0.2) is 22.8 Å². The monoisotopic (exact) mass is 349 g/mol. The Bertz CT molecular complexity index is 945. The Kier molecular flexibility index (Phi) is 4.68. The van der Waals surface area contributed by atoms with Crippen molar-refractivity contribution in [3.8, 4) is 0 Å². The number of ketones is 1. The fraction of sp³-hybridized carbons (Fsp3) is 0.273. The molecule has 0 spiro atoms. The number of nitrogens with one attached hydrogen (secondary N) is 1. The van der Waals surface area contributed by atoms with Crippen LogP contribution in [0.5, 0.6) is 0 Å². The van der Waals surface area contributed by atoms with E-state index in [4.69, 9.17) is 4.74 Å². The molecule has 0 unspecified atom stereocenters. The highest BCUT2D eigenvalue weighted by Gasteiger charge is 2.23. The number of carbonyl (C=O) groups is 2. The number of hydrogen-bond acceptors (Lipinski definition) is 3. The molecule has 2 aromatic carbocycles. The Labute approximate surface area is 153 Å². The summed E-state index contributed by atoms with van der Waals surface area (Å²) in [6.07, 6.45) is 0.763. The van der Waals surface area contributed by atoms with E-state index >= 15 is 0 Å². The van der Waals surface area contributed by atoms with Crippen LogP contribution in [0.2, 0.25) is 0 Å². The molecule has 3 aromatic rings. The molecule has 1 heterocycles. The summed E-state index contributed by atoms with van der Waals surface area (Å²) < 4.78 is 5.41. The first kappa shape index (κ1) is 17.9. The fourth-order valence-electron chi connectivity index (χ4n) is 2.89. The van der Waals surface area contributed by atoms with E-state index in [1.165, 1.54) is 0 Å². The van der Waals surface area contributed by atoms with Crippen LogP contribution in [-0.2, 0) is 10.2 Å². The van der Waals surface area contributed by atoms with Crippen LogP contribution in [0.4, 0.5) is 0 Å². The van der Waals surface area contributed by atoms with E-state index in [-0.39, 0.29) is 11.2 Å². The number of Topliss-reactive ketones (excluding diaryl/α,β-unsaturated/α-hetero) is 1. The maximum absolute atomic E-state index is 12.6. The number of benzene rings is 2. The molecular formula is C22H23NO3. The van der Waals surface area contributed by atoms with E-state index in [1.54, 1.807) is 25.3 Å². The molecule has 3 rings (SSSR count). The van der Waals surface area contributed by atoms with Gasteiger partial charge in [-0.15, -0.1) is 0 Å². The van der Waals surface area contributed by atoms with E-state index < -0.39 is 12.1 Å². The Morgan fingerprint density at radius 3 is 2.31 bits per heavy atom. The Hall–Kier alpha value is -2.88. The maximum Gasteiger partial charge on any atom is 0.341 e. The lowest BCUT2D eigenvalue weighted by Crippen LogP contribution is -2.24. The zero-order chi connectivity index (χ0) is 18.9. The topological polar surface area (TPSA) is 59.2 Å². The minimum absolute atomic E-state index is 0.0228. The molecule has 0 aliphatic carbocycles. The van der Waals surface area contributed by atoms with Crippen molar-refractivity contribution in [1.29, 1.82) is 0 Å². The standard InChI is InChI=1S/C22H23NO3/c1-14(20(24)15-9-11-16(12-10-15)22(2,3)4)26-21(25)18-13-23-19-8-6-5-7-17(18)19/h5-14,23H,1-4H3/t14-/m0/s1. The average Bonchev–Trinajstić information content (AvgIpc) is 3.04. The molecular weight excluding hydrogens is 326 g/mol. The number of rotatable bonds is 4. The van der Waals surface area contributed by atoms with Gasteiger partial charge >= 0.3 is 5.97 Å². The lowest BCUT2D eigenvalue weighted by atomic mass is 9.86. The van der Waals surface area contributed by atoms with E-state index in [0.717, 1.165) is 16.5 Å². The highest BCUT2D eigenvalue weighted by molar-refractivity contribution is 6.06. The van der Waals surface area contributed by atoms with Gasteiger partial charge in [0.25, 0.3) is 0 Å². The van der Waals surface area contributed by atoms with Crippen molar-refractivity contribution in [2.24, 2.45) is 0 Å². The van der Waals surface area contributed by atoms with Gasteiger partial charge in [0, 0.05) is 22.7 Å². The minimum Gasteiger partial charge on any atom is -0.451 e. The van der Waals surface area contributed by atoms with Crippen molar-refractivity contribution >= 4 is 22.7 Å². The van der Waals surface area contributed by atoms with Gasteiger partial charge < -0.3 is 9.72 Å². The van der Waals surface area contributed by atoms with E-state index in [1.807, 2.05) is 36.4 Å². The molecule has 4 heteroatoms. The van der Waals surface area contributed by atoms with Crippen LogP contribution < -0.4 is 0 Å². The number of H-pyrrole nitrogens is 1. The molecule has 0 saturated carbocycles. The van der Waals surface area contributed by atoms with Gasteiger partial charge in [0.2, 0.25) is 5.78 Å². The predicted octanol–water partition coefficient (Wildman–Crippen LogP) is 4.89. The molecule has 134 valence electrons. The van der Waals surface area contributed by atoms with Crippen LogP contribution in [0.25, 0.3) is 10.9 Å². The van der Waals surface area contributed by atoms with Gasteiger partial charge in [-0.2, -0.15) is 0 Å². The van der Waals surface area contributed by atoms with Crippen molar-refractivity contribution in [3.05, 3.63) is 71.4 Å². The number of aromatic amines is 1. The van der Waals surface area contributed by atoms with Crippen molar-refractivity contribution in [1.82, 2.24) is 4.98 Å². The van der Waals surface area contributed by atoms with E-state index in [0.29, 0.717) is 11.1 Å². The van der Waals surface area contributed by atoms with Crippen LogP contribution in [0, 0.1) is 0 Å². The van der Waals surface area contributed by atoms with E-state index in [2.05, 4.69) is 25.8 Å². The first-order valence-corrected chi connectivity index (χ1v) is 8.69. The highest BCUT2D eigenvalue weighted by atomic mass is 16.5. The summed E-state index contributed by atoms with van der Waals surface area (Å²) in [7, 11) is 0. The maximum atomic E-state index is 12.6. The quantitative estimate of drug-likeness (QED) is 0.539. The SMILES string of the molecule is C[C@H](OC(=O)c1c[nH]c2ccccc12)C(=O)c1ccc(C(C)(C)C)cc1. The second kappa shape index (κ2) is 6.79. The van der Waals surface area contributed by atoms with Crippen molar-refractivity contribution in [3.63, 3.8) is 0 Å². The second-order valence-corrected chi connectivity index (χ2v) is 7.49. The summed E-state index contributed by atoms with van der Waals surface area (Å²) in [6.45, 7) is 7.97. The molecule has 4 nitrogen and oxygen atoms in total. The number of fused-ring (bicyclic) bond motifs is 1. The molecule has 1 aromatic heterocycles. The lowest BCUT2D eigenvalue weighted by molar-refractivity contribution is 0.0321. The van der Waals surface area contributed by atoms with Crippen LogP contribution in [0.15, 0.2) is 54.7 Å². The molecule has 0 bridgehead atoms. The van der Waals surface area contributed by atoms with Crippen LogP contribution in [0.3, 0.4) is 0 Å². The molecule has 1 N–H and O–H groups in total. The fourth-order valence-corrected chi connectivity index (χ4v) is 2.89.